The Hall–Kier alpha value is -1.75. The predicted molar refractivity (Wildman–Crippen MR) is 76.9 cm³/mol. The van der Waals surface area contributed by atoms with Crippen LogP contribution in [0.15, 0.2) is 24.3 Å². The van der Waals surface area contributed by atoms with Crippen LogP contribution in [0.1, 0.15) is 37.7 Å². The van der Waals surface area contributed by atoms with Crippen molar-refractivity contribution in [2.45, 2.75) is 45.8 Å². The van der Waals surface area contributed by atoms with E-state index < -0.39 is 17.2 Å². The van der Waals surface area contributed by atoms with E-state index in [-0.39, 0.29) is 12.0 Å². The molecule has 114 valence electrons. The van der Waals surface area contributed by atoms with Gasteiger partial charge < -0.3 is 5.11 Å². The van der Waals surface area contributed by atoms with Gasteiger partial charge in [-0.05, 0) is 32.4 Å². The summed E-state index contributed by atoms with van der Waals surface area (Å²) < 4.78 is 29.0. The van der Waals surface area contributed by atoms with Crippen LogP contribution in [0.5, 0.6) is 0 Å². The number of aromatic nitrogens is 2. The quantitative estimate of drug-likeness (QED) is 0.919. The summed E-state index contributed by atoms with van der Waals surface area (Å²) in [5.74, 6) is -1.95. The first-order valence-corrected chi connectivity index (χ1v) is 7.11. The third-order valence-corrected chi connectivity index (χ3v) is 3.63. The lowest BCUT2D eigenvalue weighted by molar-refractivity contribution is 0.0508. The molecule has 1 N–H and O–H groups in total. The van der Waals surface area contributed by atoms with E-state index in [1.165, 1.54) is 19.1 Å². The summed E-state index contributed by atoms with van der Waals surface area (Å²) in [6.07, 6.45) is 0.963. The van der Waals surface area contributed by atoms with Crippen LogP contribution in [0.4, 0.5) is 8.78 Å². The highest BCUT2D eigenvalue weighted by atomic mass is 19.2. The van der Waals surface area contributed by atoms with E-state index in [1.807, 2.05) is 19.9 Å². The maximum absolute atomic E-state index is 13.9. The molecule has 2 aromatic rings. The second kappa shape index (κ2) is 5.93. The van der Waals surface area contributed by atoms with Crippen molar-refractivity contribution >= 4 is 0 Å². The minimum Gasteiger partial charge on any atom is -0.385 e. The van der Waals surface area contributed by atoms with E-state index in [4.69, 9.17) is 0 Å². The minimum atomic E-state index is -1.50. The molecule has 21 heavy (non-hydrogen) atoms. The molecule has 0 amide bonds. The molecule has 0 aliphatic rings. The fourth-order valence-electron chi connectivity index (χ4n) is 2.47. The maximum atomic E-state index is 13.9. The van der Waals surface area contributed by atoms with Crippen molar-refractivity contribution in [3.63, 3.8) is 0 Å². The van der Waals surface area contributed by atoms with Crippen molar-refractivity contribution in [3.8, 4) is 0 Å². The molecule has 0 bridgehead atoms. The van der Waals surface area contributed by atoms with Gasteiger partial charge >= 0.3 is 0 Å². The molecule has 0 spiro atoms. The monoisotopic (exact) mass is 294 g/mol. The van der Waals surface area contributed by atoms with Crippen molar-refractivity contribution < 1.29 is 13.9 Å². The molecule has 1 unspecified atom stereocenters. The normalized spacial score (nSPS) is 14.2. The molecule has 1 aromatic heterocycles. The predicted octanol–water partition coefficient (Wildman–Crippen LogP) is 3.19. The Bertz CT molecular complexity index is 635. The molecule has 1 aromatic carbocycles. The number of aliphatic hydroxyl groups is 1. The number of hydrogen-bond acceptors (Lipinski definition) is 2. The molecule has 0 aliphatic heterocycles. The van der Waals surface area contributed by atoms with Gasteiger partial charge in [0, 0.05) is 24.2 Å². The summed E-state index contributed by atoms with van der Waals surface area (Å²) in [4.78, 5) is 0. The van der Waals surface area contributed by atoms with E-state index in [9.17, 15) is 13.9 Å². The lowest BCUT2D eigenvalue weighted by atomic mass is 9.90. The maximum Gasteiger partial charge on any atom is 0.164 e. The molecular weight excluding hydrogens is 274 g/mol. The molecule has 0 radical (unpaired) electrons. The number of benzene rings is 1. The zero-order valence-electron chi connectivity index (χ0n) is 12.5. The van der Waals surface area contributed by atoms with E-state index in [0.29, 0.717) is 6.54 Å². The number of aryl methyl sites for hydroxylation is 2. The highest BCUT2D eigenvalue weighted by molar-refractivity contribution is 5.27. The van der Waals surface area contributed by atoms with Crippen LogP contribution in [0.3, 0.4) is 0 Å². The van der Waals surface area contributed by atoms with Gasteiger partial charge in [-0.25, -0.2) is 8.78 Å². The van der Waals surface area contributed by atoms with Crippen molar-refractivity contribution in [2.24, 2.45) is 0 Å². The van der Waals surface area contributed by atoms with Crippen LogP contribution in [-0.4, -0.2) is 14.9 Å². The largest absolute Gasteiger partial charge is 0.385 e. The average molecular weight is 294 g/mol. The topological polar surface area (TPSA) is 38.0 Å². The van der Waals surface area contributed by atoms with Crippen molar-refractivity contribution in [3.05, 3.63) is 52.9 Å². The van der Waals surface area contributed by atoms with Gasteiger partial charge in [-0.15, -0.1) is 0 Å². The van der Waals surface area contributed by atoms with Gasteiger partial charge in [-0.3, -0.25) is 4.68 Å². The Labute approximate surface area is 123 Å². The average Bonchev–Trinajstić information content (AvgIpc) is 2.83. The Morgan fingerprint density at radius 1 is 1.29 bits per heavy atom. The zero-order chi connectivity index (χ0) is 15.6. The van der Waals surface area contributed by atoms with Crippen LogP contribution in [0.2, 0.25) is 0 Å². The number of hydrogen-bond donors (Lipinski definition) is 1. The molecule has 2 rings (SSSR count). The first-order valence-electron chi connectivity index (χ1n) is 7.11. The van der Waals surface area contributed by atoms with Crippen molar-refractivity contribution in [2.75, 3.05) is 0 Å². The fourth-order valence-corrected chi connectivity index (χ4v) is 2.47. The molecule has 0 saturated heterocycles. The number of rotatable bonds is 5. The lowest BCUT2D eigenvalue weighted by Crippen LogP contribution is -2.27. The van der Waals surface area contributed by atoms with Gasteiger partial charge in [0.05, 0.1) is 11.3 Å². The Balaban J connectivity index is 2.37. The van der Waals surface area contributed by atoms with Gasteiger partial charge in [0.2, 0.25) is 0 Å². The smallest absolute Gasteiger partial charge is 0.164 e. The SMILES string of the molecule is CCc1cc(CC(C)(O)c2cccc(F)c2F)n(CC)n1. The van der Waals surface area contributed by atoms with Crippen LogP contribution in [0.25, 0.3) is 0 Å². The summed E-state index contributed by atoms with van der Waals surface area (Å²) in [5.41, 5.74) is 0.194. The van der Waals surface area contributed by atoms with E-state index >= 15 is 0 Å². The van der Waals surface area contributed by atoms with Gasteiger partial charge in [-0.2, -0.15) is 5.10 Å². The Kier molecular flexibility index (Phi) is 4.42. The highest BCUT2D eigenvalue weighted by Crippen LogP contribution is 2.29. The Morgan fingerprint density at radius 2 is 2.00 bits per heavy atom. The van der Waals surface area contributed by atoms with Crippen molar-refractivity contribution in [1.29, 1.82) is 0 Å². The van der Waals surface area contributed by atoms with Gasteiger partial charge in [0.1, 0.15) is 0 Å². The summed E-state index contributed by atoms with van der Waals surface area (Å²) in [6, 6.07) is 5.75. The molecule has 0 saturated carbocycles. The first-order chi connectivity index (χ1) is 9.89. The van der Waals surface area contributed by atoms with Gasteiger partial charge in [0.15, 0.2) is 11.6 Å². The molecule has 0 aliphatic carbocycles. The van der Waals surface area contributed by atoms with Crippen molar-refractivity contribution in [1.82, 2.24) is 9.78 Å². The third kappa shape index (κ3) is 3.13. The first kappa shape index (κ1) is 15.6. The van der Waals surface area contributed by atoms with Crippen LogP contribution in [0, 0.1) is 11.6 Å². The van der Waals surface area contributed by atoms with Crippen LogP contribution < -0.4 is 0 Å². The molecular formula is C16H20F2N2O. The fraction of sp³-hybridized carbons (Fsp3) is 0.438. The minimum absolute atomic E-state index is 0.0376. The third-order valence-electron chi connectivity index (χ3n) is 3.63. The molecule has 0 fully saturated rings. The summed E-state index contributed by atoms with van der Waals surface area (Å²) in [6.45, 7) is 6.10. The second-order valence-corrected chi connectivity index (χ2v) is 5.35. The second-order valence-electron chi connectivity index (χ2n) is 5.35. The standard InChI is InChI=1S/C16H20F2N2O/c1-4-11-9-12(20(5-2)19-11)10-16(3,21)13-7-6-8-14(17)15(13)18/h6-9,21H,4-5,10H2,1-3H3. The molecule has 1 atom stereocenters. The van der Waals surface area contributed by atoms with E-state index in [0.717, 1.165) is 23.9 Å². The Morgan fingerprint density at radius 3 is 2.62 bits per heavy atom. The van der Waals surface area contributed by atoms with Gasteiger partial charge in [-0.1, -0.05) is 19.1 Å². The molecule has 3 nitrogen and oxygen atoms in total. The molecule has 5 heteroatoms. The summed E-state index contributed by atoms with van der Waals surface area (Å²) in [7, 11) is 0. The van der Waals surface area contributed by atoms with Crippen LogP contribution >= 0.6 is 0 Å². The van der Waals surface area contributed by atoms with E-state index in [2.05, 4.69) is 5.10 Å². The van der Waals surface area contributed by atoms with Crippen LogP contribution in [-0.2, 0) is 25.0 Å². The number of halogens is 2. The number of nitrogens with zero attached hydrogens (tertiary/aromatic N) is 2. The lowest BCUT2D eigenvalue weighted by Gasteiger charge is -2.24. The highest BCUT2D eigenvalue weighted by Gasteiger charge is 2.29. The molecule has 1 heterocycles. The van der Waals surface area contributed by atoms with Gasteiger partial charge in [0.25, 0.3) is 0 Å². The zero-order valence-corrected chi connectivity index (χ0v) is 12.5. The summed E-state index contributed by atoms with van der Waals surface area (Å²) in [5, 5.41) is 15.0. The summed E-state index contributed by atoms with van der Waals surface area (Å²) >= 11 is 0. The van der Waals surface area contributed by atoms with E-state index in [1.54, 1.807) is 4.68 Å².